The summed E-state index contributed by atoms with van der Waals surface area (Å²) >= 11 is 3.45. The maximum absolute atomic E-state index is 11.7. The summed E-state index contributed by atoms with van der Waals surface area (Å²) in [5, 5.41) is 4.16. The maximum atomic E-state index is 11.7. The monoisotopic (exact) mass is 292 g/mol. The number of fused-ring (bicyclic) bond motifs is 1. The smallest absolute Gasteiger partial charge is 0.240 e. The van der Waals surface area contributed by atoms with Crippen molar-refractivity contribution in [2.45, 2.75) is 25.4 Å². The molecule has 1 heterocycles. The molecule has 3 nitrogen and oxygen atoms in total. The molecule has 1 aliphatic rings. The lowest BCUT2D eigenvalue weighted by Gasteiger charge is -2.06. The fraction of sp³-hybridized carbons (Fsp3) is 0.308. The molecule has 1 fully saturated rings. The van der Waals surface area contributed by atoms with Crippen LogP contribution < -0.4 is 5.32 Å². The SMILES string of the molecule is O=C(Cn1ccc2ccc(Br)cc21)NC1CC1. The van der Waals surface area contributed by atoms with Gasteiger partial charge >= 0.3 is 0 Å². The molecular formula is C13H13BrN2O. The zero-order valence-electron chi connectivity index (χ0n) is 9.32. The summed E-state index contributed by atoms with van der Waals surface area (Å²) in [6.07, 6.45) is 4.22. The van der Waals surface area contributed by atoms with E-state index in [-0.39, 0.29) is 5.91 Å². The Bertz CT molecular complexity index is 572. The number of carbonyl (C=O) groups is 1. The molecule has 1 aromatic heterocycles. The van der Waals surface area contributed by atoms with Gasteiger partial charge in [0.25, 0.3) is 0 Å². The summed E-state index contributed by atoms with van der Waals surface area (Å²) in [7, 11) is 0. The second kappa shape index (κ2) is 4.18. The summed E-state index contributed by atoms with van der Waals surface area (Å²) < 4.78 is 3.02. The first-order chi connectivity index (χ1) is 8.22. The van der Waals surface area contributed by atoms with Gasteiger partial charge in [0.2, 0.25) is 5.91 Å². The van der Waals surface area contributed by atoms with Gasteiger partial charge in [-0.1, -0.05) is 22.0 Å². The number of nitrogens with zero attached hydrogens (tertiary/aromatic N) is 1. The fourth-order valence-electron chi connectivity index (χ4n) is 1.95. The largest absolute Gasteiger partial charge is 0.352 e. The van der Waals surface area contributed by atoms with E-state index in [0.29, 0.717) is 12.6 Å². The van der Waals surface area contributed by atoms with Crippen molar-refractivity contribution in [2.75, 3.05) is 0 Å². The third-order valence-electron chi connectivity index (χ3n) is 2.99. The van der Waals surface area contributed by atoms with Crippen molar-refractivity contribution in [3.63, 3.8) is 0 Å². The van der Waals surface area contributed by atoms with Gasteiger partial charge in [-0.3, -0.25) is 4.79 Å². The van der Waals surface area contributed by atoms with Crippen LogP contribution >= 0.6 is 15.9 Å². The van der Waals surface area contributed by atoms with Crippen molar-refractivity contribution in [3.8, 4) is 0 Å². The van der Waals surface area contributed by atoms with Crippen molar-refractivity contribution >= 4 is 32.7 Å². The minimum absolute atomic E-state index is 0.102. The van der Waals surface area contributed by atoms with Gasteiger partial charge in [-0.15, -0.1) is 0 Å². The van der Waals surface area contributed by atoms with E-state index in [2.05, 4.69) is 27.3 Å². The van der Waals surface area contributed by atoms with Crippen LogP contribution in [-0.2, 0) is 11.3 Å². The average molecular weight is 293 g/mol. The Kier molecular flexibility index (Phi) is 2.67. The average Bonchev–Trinajstić information content (AvgIpc) is 3.01. The lowest BCUT2D eigenvalue weighted by molar-refractivity contribution is -0.121. The van der Waals surface area contributed by atoms with Gasteiger partial charge in [-0.05, 0) is 36.4 Å². The molecule has 88 valence electrons. The Labute approximate surface area is 108 Å². The van der Waals surface area contributed by atoms with Crippen molar-refractivity contribution < 1.29 is 4.79 Å². The second-order valence-corrected chi connectivity index (χ2v) is 5.40. The molecule has 1 amide bonds. The molecule has 3 rings (SSSR count). The summed E-state index contributed by atoms with van der Waals surface area (Å²) in [6.45, 7) is 0.399. The standard InChI is InChI=1S/C13H13BrN2O/c14-10-2-1-9-5-6-16(12(9)7-10)8-13(17)15-11-3-4-11/h1-2,5-7,11H,3-4,8H2,(H,15,17). The van der Waals surface area contributed by atoms with E-state index >= 15 is 0 Å². The Hall–Kier alpha value is -1.29. The van der Waals surface area contributed by atoms with Gasteiger partial charge in [0.15, 0.2) is 0 Å². The van der Waals surface area contributed by atoms with E-state index in [1.807, 2.05) is 29.0 Å². The van der Waals surface area contributed by atoms with E-state index in [1.165, 1.54) is 0 Å². The minimum Gasteiger partial charge on any atom is -0.352 e. The summed E-state index contributed by atoms with van der Waals surface area (Å²) in [5.41, 5.74) is 1.09. The van der Waals surface area contributed by atoms with Crippen LogP contribution in [0.3, 0.4) is 0 Å². The quantitative estimate of drug-likeness (QED) is 0.927. The molecule has 2 aromatic rings. The first kappa shape index (κ1) is 10.8. The molecule has 0 aliphatic heterocycles. The third kappa shape index (κ3) is 2.36. The van der Waals surface area contributed by atoms with Gasteiger partial charge in [-0.2, -0.15) is 0 Å². The predicted octanol–water partition coefficient (Wildman–Crippen LogP) is 2.68. The van der Waals surface area contributed by atoms with Crippen molar-refractivity contribution in [1.82, 2.24) is 9.88 Å². The Morgan fingerprint density at radius 1 is 1.41 bits per heavy atom. The number of carbonyl (C=O) groups excluding carboxylic acids is 1. The molecule has 0 atom stereocenters. The van der Waals surface area contributed by atoms with Crippen LogP contribution in [0.1, 0.15) is 12.8 Å². The summed E-state index contributed by atoms with van der Waals surface area (Å²) in [5.74, 6) is 0.102. The molecule has 0 bridgehead atoms. The van der Waals surface area contributed by atoms with Crippen LogP contribution in [0.15, 0.2) is 34.9 Å². The van der Waals surface area contributed by atoms with Crippen LogP contribution in [0, 0.1) is 0 Å². The Balaban J connectivity index is 1.83. The van der Waals surface area contributed by atoms with Crippen LogP contribution in [-0.4, -0.2) is 16.5 Å². The Morgan fingerprint density at radius 2 is 2.24 bits per heavy atom. The van der Waals surface area contributed by atoms with Gasteiger partial charge in [0.05, 0.1) is 0 Å². The highest BCUT2D eigenvalue weighted by Crippen LogP contribution is 2.21. The highest BCUT2D eigenvalue weighted by molar-refractivity contribution is 9.10. The van der Waals surface area contributed by atoms with Crippen molar-refractivity contribution in [3.05, 3.63) is 34.9 Å². The number of halogens is 1. The molecule has 1 saturated carbocycles. The van der Waals surface area contributed by atoms with Crippen LogP contribution in [0.5, 0.6) is 0 Å². The molecule has 0 radical (unpaired) electrons. The number of rotatable bonds is 3. The Morgan fingerprint density at radius 3 is 3.00 bits per heavy atom. The fourth-order valence-corrected chi connectivity index (χ4v) is 2.30. The number of amides is 1. The highest BCUT2D eigenvalue weighted by atomic mass is 79.9. The van der Waals surface area contributed by atoms with Gasteiger partial charge in [0.1, 0.15) is 6.54 Å². The maximum Gasteiger partial charge on any atom is 0.240 e. The number of nitrogens with one attached hydrogen (secondary N) is 1. The lowest BCUT2D eigenvalue weighted by atomic mass is 10.2. The zero-order chi connectivity index (χ0) is 11.8. The first-order valence-electron chi connectivity index (χ1n) is 5.76. The molecule has 0 spiro atoms. The van der Waals surface area contributed by atoms with Crippen molar-refractivity contribution in [2.24, 2.45) is 0 Å². The number of aromatic nitrogens is 1. The van der Waals surface area contributed by atoms with Crippen LogP contribution in [0.2, 0.25) is 0 Å². The molecule has 1 aliphatic carbocycles. The lowest BCUT2D eigenvalue weighted by Crippen LogP contribution is -2.28. The van der Waals surface area contributed by atoms with E-state index in [0.717, 1.165) is 28.2 Å². The number of hydrogen-bond donors (Lipinski definition) is 1. The van der Waals surface area contributed by atoms with E-state index in [9.17, 15) is 4.79 Å². The van der Waals surface area contributed by atoms with Crippen LogP contribution in [0.4, 0.5) is 0 Å². The van der Waals surface area contributed by atoms with Gasteiger partial charge in [0, 0.05) is 22.2 Å². The van der Waals surface area contributed by atoms with Gasteiger partial charge < -0.3 is 9.88 Å². The van der Waals surface area contributed by atoms with Crippen molar-refractivity contribution in [1.29, 1.82) is 0 Å². The number of benzene rings is 1. The molecule has 0 saturated heterocycles. The summed E-state index contributed by atoms with van der Waals surface area (Å²) in [6, 6.07) is 8.56. The van der Waals surface area contributed by atoms with E-state index in [1.54, 1.807) is 0 Å². The van der Waals surface area contributed by atoms with E-state index in [4.69, 9.17) is 0 Å². The minimum atomic E-state index is 0.102. The first-order valence-corrected chi connectivity index (χ1v) is 6.55. The molecule has 4 heteroatoms. The molecule has 17 heavy (non-hydrogen) atoms. The van der Waals surface area contributed by atoms with Gasteiger partial charge in [-0.25, -0.2) is 0 Å². The second-order valence-electron chi connectivity index (χ2n) is 4.49. The van der Waals surface area contributed by atoms with Crippen LogP contribution in [0.25, 0.3) is 10.9 Å². The zero-order valence-corrected chi connectivity index (χ0v) is 10.9. The normalized spacial score (nSPS) is 15.1. The summed E-state index contributed by atoms with van der Waals surface area (Å²) in [4.78, 5) is 11.7. The highest BCUT2D eigenvalue weighted by Gasteiger charge is 2.23. The topological polar surface area (TPSA) is 34.0 Å². The third-order valence-corrected chi connectivity index (χ3v) is 3.49. The predicted molar refractivity (Wildman–Crippen MR) is 70.8 cm³/mol. The molecule has 1 N–H and O–H groups in total. The number of hydrogen-bond acceptors (Lipinski definition) is 1. The molecular weight excluding hydrogens is 280 g/mol. The molecule has 0 unspecified atom stereocenters. The molecule has 1 aromatic carbocycles. The van der Waals surface area contributed by atoms with E-state index < -0.39 is 0 Å².